The van der Waals surface area contributed by atoms with Crippen LogP contribution in [0.1, 0.15) is 33.5 Å². The molecule has 108 valence electrons. The van der Waals surface area contributed by atoms with E-state index in [2.05, 4.69) is 33.8 Å². The lowest BCUT2D eigenvalue weighted by Crippen LogP contribution is -2.20. The van der Waals surface area contributed by atoms with E-state index in [0.717, 1.165) is 0 Å². The van der Waals surface area contributed by atoms with Crippen LogP contribution in [0.4, 0.5) is 5.82 Å². The molecule has 0 fully saturated rings. The molecule has 1 aliphatic rings. The lowest BCUT2D eigenvalue weighted by Gasteiger charge is -2.11. The molecule has 0 radical (unpaired) electrons. The maximum absolute atomic E-state index is 11.8. The molecule has 2 aromatic rings. The van der Waals surface area contributed by atoms with Crippen molar-refractivity contribution in [3.05, 3.63) is 58.8 Å². The Kier molecular flexibility index (Phi) is 3.86. The van der Waals surface area contributed by atoms with Gasteiger partial charge in [0.25, 0.3) is 5.91 Å². The van der Waals surface area contributed by atoms with Crippen molar-refractivity contribution >= 4 is 11.7 Å². The van der Waals surface area contributed by atoms with Crippen LogP contribution in [-0.4, -0.2) is 17.9 Å². The molecule has 0 aliphatic heterocycles. The molecule has 0 saturated heterocycles. The molecule has 2 N–H and O–H groups in total. The van der Waals surface area contributed by atoms with Gasteiger partial charge in [0.2, 0.25) is 0 Å². The average Bonchev–Trinajstić information content (AvgIpc) is 3.00. The Morgan fingerprint density at radius 1 is 1.24 bits per heavy atom. The Labute approximate surface area is 124 Å². The largest absolute Gasteiger partial charge is 0.365 e. The Morgan fingerprint density at radius 2 is 2.10 bits per heavy atom. The fraction of sp³-hybridized carbons (Fsp3) is 0.294. The van der Waals surface area contributed by atoms with E-state index in [1.165, 1.54) is 36.0 Å². The number of hydrogen-bond acceptors (Lipinski definition) is 3. The highest BCUT2D eigenvalue weighted by Gasteiger charge is 2.12. The summed E-state index contributed by atoms with van der Waals surface area (Å²) in [5.74, 6) is 0.497. The topological polar surface area (TPSA) is 54.0 Å². The first-order valence-corrected chi connectivity index (χ1v) is 7.29. The number of nitrogens with one attached hydrogen (secondary N) is 2. The van der Waals surface area contributed by atoms with E-state index in [0.29, 0.717) is 17.9 Å². The molecule has 4 nitrogen and oxygen atoms in total. The Balaban J connectivity index is 1.75. The lowest BCUT2D eigenvalue weighted by molar-refractivity contribution is 0.0963. The van der Waals surface area contributed by atoms with Gasteiger partial charge in [-0.25, -0.2) is 4.98 Å². The molecular weight excluding hydrogens is 262 g/mol. The van der Waals surface area contributed by atoms with Gasteiger partial charge in [0.1, 0.15) is 5.82 Å². The highest BCUT2D eigenvalue weighted by Crippen LogP contribution is 2.23. The van der Waals surface area contributed by atoms with Crippen molar-refractivity contribution in [3.63, 3.8) is 0 Å². The number of hydrogen-bond donors (Lipinski definition) is 2. The first kappa shape index (κ1) is 13.6. The number of rotatable bonds is 4. The van der Waals surface area contributed by atoms with Crippen molar-refractivity contribution in [2.75, 3.05) is 12.4 Å². The predicted molar refractivity (Wildman–Crippen MR) is 83.4 cm³/mol. The third-order valence-corrected chi connectivity index (χ3v) is 3.90. The second-order valence-electron chi connectivity index (χ2n) is 5.29. The minimum atomic E-state index is -0.125. The average molecular weight is 281 g/mol. The van der Waals surface area contributed by atoms with Crippen molar-refractivity contribution in [2.24, 2.45) is 0 Å². The molecule has 3 rings (SSSR count). The maximum atomic E-state index is 11.8. The van der Waals surface area contributed by atoms with Gasteiger partial charge >= 0.3 is 0 Å². The smallest absolute Gasteiger partial charge is 0.254 e. The molecule has 0 saturated carbocycles. The summed E-state index contributed by atoms with van der Waals surface area (Å²) in [5, 5.41) is 5.90. The van der Waals surface area contributed by atoms with E-state index < -0.39 is 0 Å². The molecule has 0 spiro atoms. The Bertz CT molecular complexity index is 667. The van der Waals surface area contributed by atoms with Gasteiger partial charge in [0, 0.05) is 19.8 Å². The highest BCUT2D eigenvalue weighted by atomic mass is 16.1. The summed E-state index contributed by atoms with van der Waals surface area (Å²) in [4.78, 5) is 16.1. The van der Waals surface area contributed by atoms with Gasteiger partial charge in [0.15, 0.2) is 0 Å². The third-order valence-electron chi connectivity index (χ3n) is 3.90. The molecule has 4 heteroatoms. The number of aromatic nitrogens is 1. The quantitative estimate of drug-likeness (QED) is 0.905. The zero-order chi connectivity index (χ0) is 14.7. The summed E-state index contributed by atoms with van der Waals surface area (Å²) in [6.45, 7) is 0.675. The molecule has 21 heavy (non-hydrogen) atoms. The van der Waals surface area contributed by atoms with Crippen molar-refractivity contribution < 1.29 is 4.79 Å². The van der Waals surface area contributed by atoms with Crippen molar-refractivity contribution in [1.82, 2.24) is 10.3 Å². The molecule has 1 aliphatic carbocycles. The van der Waals surface area contributed by atoms with E-state index in [-0.39, 0.29) is 5.91 Å². The summed E-state index contributed by atoms with van der Waals surface area (Å²) in [7, 11) is 1.62. The number of nitrogens with zero attached hydrogens (tertiary/aromatic N) is 1. The fourth-order valence-corrected chi connectivity index (χ4v) is 2.78. The number of amides is 1. The Hall–Kier alpha value is -2.36. The molecule has 0 atom stereocenters. The van der Waals surface area contributed by atoms with Gasteiger partial charge in [-0.1, -0.05) is 18.2 Å². The van der Waals surface area contributed by atoms with Crippen molar-refractivity contribution in [2.45, 2.75) is 25.8 Å². The summed E-state index contributed by atoms with van der Waals surface area (Å²) in [6.07, 6.45) is 5.32. The third kappa shape index (κ3) is 2.89. The summed E-state index contributed by atoms with van der Waals surface area (Å²) in [5.41, 5.74) is 4.73. The number of benzene rings is 1. The molecule has 1 heterocycles. The second kappa shape index (κ2) is 5.95. The summed E-state index contributed by atoms with van der Waals surface area (Å²) < 4.78 is 0. The zero-order valence-corrected chi connectivity index (χ0v) is 12.1. The van der Waals surface area contributed by atoms with Crippen LogP contribution in [0.5, 0.6) is 0 Å². The maximum Gasteiger partial charge on any atom is 0.254 e. The van der Waals surface area contributed by atoms with Crippen LogP contribution >= 0.6 is 0 Å². The van der Waals surface area contributed by atoms with E-state index in [1.54, 1.807) is 25.4 Å². The van der Waals surface area contributed by atoms with Gasteiger partial charge in [-0.2, -0.15) is 0 Å². The predicted octanol–water partition coefficient (Wildman–Crippen LogP) is 2.54. The van der Waals surface area contributed by atoms with Crippen LogP contribution in [0.2, 0.25) is 0 Å². The van der Waals surface area contributed by atoms with Crippen LogP contribution in [-0.2, 0) is 19.4 Å². The molecule has 1 amide bonds. The lowest BCUT2D eigenvalue weighted by atomic mass is 10.1. The number of carbonyl (C=O) groups excluding carboxylic acids is 1. The normalized spacial score (nSPS) is 12.8. The van der Waals surface area contributed by atoms with E-state index in [9.17, 15) is 4.79 Å². The van der Waals surface area contributed by atoms with E-state index in [1.807, 2.05) is 0 Å². The minimum absolute atomic E-state index is 0.125. The molecular formula is C17H19N3O. The molecule has 0 unspecified atom stereocenters. The molecule has 0 bridgehead atoms. The van der Waals surface area contributed by atoms with Gasteiger partial charge in [-0.3, -0.25) is 4.79 Å². The number of aryl methyl sites for hydroxylation is 2. The van der Waals surface area contributed by atoms with Crippen LogP contribution in [0.3, 0.4) is 0 Å². The van der Waals surface area contributed by atoms with Crippen LogP contribution < -0.4 is 10.6 Å². The van der Waals surface area contributed by atoms with Crippen LogP contribution in [0, 0.1) is 0 Å². The number of anilines is 1. The summed E-state index contributed by atoms with van der Waals surface area (Å²) >= 11 is 0. The number of pyridine rings is 1. The monoisotopic (exact) mass is 281 g/mol. The van der Waals surface area contributed by atoms with Gasteiger partial charge < -0.3 is 10.6 Å². The number of fused-ring (bicyclic) bond motifs is 1. The molecule has 1 aromatic heterocycles. The van der Waals surface area contributed by atoms with Gasteiger partial charge in [0.05, 0.1) is 5.56 Å². The minimum Gasteiger partial charge on any atom is -0.365 e. The standard InChI is InChI=1S/C17H19N3O/c1-18-17(21)15-6-3-9-19-16(15)20-11-12-7-8-13-4-2-5-14(13)10-12/h3,6-10H,2,4-5,11H2,1H3,(H,18,21)(H,19,20). The van der Waals surface area contributed by atoms with E-state index >= 15 is 0 Å². The first-order valence-electron chi connectivity index (χ1n) is 7.29. The van der Waals surface area contributed by atoms with Crippen molar-refractivity contribution in [1.29, 1.82) is 0 Å². The fourth-order valence-electron chi connectivity index (χ4n) is 2.78. The summed E-state index contributed by atoms with van der Waals surface area (Å²) in [6, 6.07) is 10.2. The highest BCUT2D eigenvalue weighted by molar-refractivity contribution is 5.98. The van der Waals surface area contributed by atoms with Crippen molar-refractivity contribution in [3.8, 4) is 0 Å². The first-order chi connectivity index (χ1) is 10.3. The van der Waals surface area contributed by atoms with Gasteiger partial charge in [-0.15, -0.1) is 0 Å². The Morgan fingerprint density at radius 3 is 2.95 bits per heavy atom. The SMILES string of the molecule is CNC(=O)c1cccnc1NCc1ccc2c(c1)CCC2. The van der Waals surface area contributed by atoms with Gasteiger partial charge in [-0.05, 0) is 48.1 Å². The van der Waals surface area contributed by atoms with Crippen LogP contribution in [0.15, 0.2) is 36.5 Å². The second-order valence-corrected chi connectivity index (χ2v) is 5.29. The zero-order valence-electron chi connectivity index (χ0n) is 12.1. The molecule has 1 aromatic carbocycles. The van der Waals surface area contributed by atoms with E-state index in [4.69, 9.17) is 0 Å². The van der Waals surface area contributed by atoms with Crippen LogP contribution in [0.25, 0.3) is 0 Å². The number of carbonyl (C=O) groups is 1.